The maximum Gasteiger partial charge on any atom is 0.169 e. The maximum atomic E-state index is 14.0. The third-order valence-corrected chi connectivity index (χ3v) is 3.60. The lowest BCUT2D eigenvalue weighted by Crippen LogP contribution is -2.21. The highest BCUT2D eigenvalue weighted by Gasteiger charge is 2.22. The molecule has 1 atom stereocenters. The van der Waals surface area contributed by atoms with E-state index in [4.69, 9.17) is 10.5 Å². The van der Waals surface area contributed by atoms with Crippen molar-refractivity contribution < 1.29 is 9.13 Å². The Hall–Kier alpha value is -1.13. The van der Waals surface area contributed by atoms with E-state index in [9.17, 15) is 4.39 Å². The second kappa shape index (κ2) is 6.16. The molecule has 0 radical (unpaired) electrons. The zero-order valence-electron chi connectivity index (χ0n) is 10.9. The SMILES string of the molecule is COc1cccc(CN2CCC(CCN)C2)c1F. The van der Waals surface area contributed by atoms with Gasteiger partial charge in [0.25, 0.3) is 0 Å². The lowest BCUT2D eigenvalue weighted by Gasteiger charge is -2.17. The van der Waals surface area contributed by atoms with Crippen molar-refractivity contribution in [1.82, 2.24) is 4.90 Å². The van der Waals surface area contributed by atoms with Crippen molar-refractivity contribution in [3.8, 4) is 5.75 Å². The number of nitrogens with zero attached hydrogens (tertiary/aromatic N) is 1. The fourth-order valence-electron chi connectivity index (χ4n) is 2.60. The van der Waals surface area contributed by atoms with Gasteiger partial charge in [-0.25, -0.2) is 4.39 Å². The predicted molar refractivity (Wildman–Crippen MR) is 70.0 cm³/mol. The van der Waals surface area contributed by atoms with E-state index in [-0.39, 0.29) is 5.82 Å². The van der Waals surface area contributed by atoms with Gasteiger partial charge in [-0.15, -0.1) is 0 Å². The first-order valence-electron chi connectivity index (χ1n) is 6.48. The van der Waals surface area contributed by atoms with E-state index in [1.807, 2.05) is 12.1 Å². The van der Waals surface area contributed by atoms with Crippen molar-refractivity contribution in [2.75, 3.05) is 26.7 Å². The molecule has 2 N–H and O–H groups in total. The quantitative estimate of drug-likeness (QED) is 0.871. The van der Waals surface area contributed by atoms with Crippen LogP contribution in [-0.4, -0.2) is 31.6 Å². The van der Waals surface area contributed by atoms with Gasteiger partial charge in [-0.3, -0.25) is 4.90 Å². The van der Waals surface area contributed by atoms with Crippen molar-refractivity contribution in [1.29, 1.82) is 0 Å². The second-order valence-electron chi connectivity index (χ2n) is 4.90. The maximum absolute atomic E-state index is 14.0. The van der Waals surface area contributed by atoms with Gasteiger partial charge < -0.3 is 10.5 Å². The molecule has 0 aromatic heterocycles. The van der Waals surface area contributed by atoms with E-state index >= 15 is 0 Å². The minimum atomic E-state index is -0.234. The van der Waals surface area contributed by atoms with E-state index in [1.54, 1.807) is 6.07 Å². The molecule has 1 unspecified atom stereocenters. The summed E-state index contributed by atoms with van der Waals surface area (Å²) < 4.78 is 19.0. The smallest absolute Gasteiger partial charge is 0.169 e. The lowest BCUT2D eigenvalue weighted by molar-refractivity contribution is 0.305. The summed E-state index contributed by atoms with van der Waals surface area (Å²) in [5.41, 5.74) is 6.28. The third kappa shape index (κ3) is 3.00. The monoisotopic (exact) mass is 252 g/mol. The van der Waals surface area contributed by atoms with Crippen LogP contribution in [0.1, 0.15) is 18.4 Å². The molecule has 3 nitrogen and oxygen atoms in total. The minimum absolute atomic E-state index is 0.234. The molecule has 18 heavy (non-hydrogen) atoms. The van der Waals surface area contributed by atoms with Crippen LogP contribution < -0.4 is 10.5 Å². The topological polar surface area (TPSA) is 38.5 Å². The van der Waals surface area contributed by atoms with Crippen LogP contribution in [0, 0.1) is 11.7 Å². The van der Waals surface area contributed by atoms with Crippen molar-refractivity contribution in [2.24, 2.45) is 11.7 Å². The average Bonchev–Trinajstić information content (AvgIpc) is 2.80. The van der Waals surface area contributed by atoms with E-state index in [2.05, 4.69) is 4.90 Å². The molecule has 1 aliphatic rings. The summed E-state index contributed by atoms with van der Waals surface area (Å²) in [6, 6.07) is 5.32. The predicted octanol–water partition coefficient (Wildman–Crippen LogP) is 2.00. The second-order valence-corrected chi connectivity index (χ2v) is 4.90. The number of methoxy groups -OCH3 is 1. The molecule has 1 aromatic carbocycles. The summed E-state index contributed by atoms with van der Waals surface area (Å²) in [5.74, 6) is 0.760. The Morgan fingerprint density at radius 1 is 1.50 bits per heavy atom. The number of ether oxygens (including phenoxy) is 1. The highest BCUT2D eigenvalue weighted by atomic mass is 19.1. The first kappa shape index (κ1) is 13.3. The molecular weight excluding hydrogens is 231 g/mol. The normalized spacial score (nSPS) is 20.3. The number of hydrogen-bond donors (Lipinski definition) is 1. The molecular formula is C14H21FN2O. The van der Waals surface area contributed by atoms with E-state index < -0.39 is 0 Å². The summed E-state index contributed by atoms with van der Waals surface area (Å²) in [6.45, 7) is 3.45. The largest absolute Gasteiger partial charge is 0.494 e. The molecule has 0 bridgehead atoms. The Morgan fingerprint density at radius 3 is 3.06 bits per heavy atom. The number of rotatable bonds is 5. The van der Waals surface area contributed by atoms with Crippen molar-refractivity contribution >= 4 is 0 Å². The molecule has 0 amide bonds. The molecule has 1 aliphatic heterocycles. The van der Waals surface area contributed by atoms with Gasteiger partial charge in [0.15, 0.2) is 11.6 Å². The van der Waals surface area contributed by atoms with Gasteiger partial charge in [0.2, 0.25) is 0 Å². The van der Waals surface area contributed by atoms with Gasteiger partial charge in [0, 0.05) is 18.7 Å². The number of nitrogens with two attached hydrogens (primary N) is 1. The molecule has 0 aliphatic carbocycles. The number of hydrogen-bond acceptors (Lipinski definition) is 3. The summed E-state index contributed by atoms with van der Waals surface area (Å²) in [6.07, 6.45) is 2.24. The van der Waals surface area contributed by atoms with E-state index in [0.717, 1.165) is 26.1 Å². The summed E-state index contributed by atoms with van der Waals surface area (Å²) >= 11 is 0. The van der Waals surface area contributed by atoms with Crippen LogP contribution in [0.15, 0.2) is 18.2 Å². The van der Waals surface area contributed by atoms with Crippen molar-refractivity contribution in [3.05, 3.63) is 29.6 Å². The van der Waals surface area contributed by atoms with Crippen molar-refractivity contribution in [3.63, 3.8) is 0 Å². The van der Waals surface area contributed by atoms with Gasteiger partial charge in [-0.1, -0.05) is 12.1 Å². The van der Waals surface area contributed by atoms with Crippen LogP contribution in [0.5, 0.6) is 5.75 Å². The van der Waals surface area contributed by atoms with Gasteiger partial charge in [-0.2, -0.15) is 0 Å². The molecule has 2 rings (SSSR count). The van der Waals surface area contributed by atoms with Crippen LogP contribution in [-0.2, 0) is 6.54 Å². The Labute approximate surface area is 108 Å². The summed E-state index contributed by atoms with van der Waals surface area (Å²) in [7, 11) is 1.50. The molecule has 0 saturated carbocycles. The fraction of sp³-hybridized carbons (Fsp3) is 0.571. The standard InChI is InChI=1S/C14H21FN2O/c1-18-13-4-2-3-12(14(13)15)10-17-8-6-11(9-17)5-7-16/h2-4,11H,5-10,16H2,1H3. The molecule has 1 aromatic rings. The Balaban J connectivity index is 1.98. The first-order chi connectivity index (χ1) is 8.74. The molecule has 1 saturated heterocycles. The van der Waals surface area contributed by atoms with Gasteiger partial charge in [0.05, 0.1) is 7.11 Å². The van der Waals surface area contributed by atoms with Crippen LogP contribution >= 0.6 is 0 Å². The Morgan fingerprint density at radius 2 is 2.33 bits per heavy atom. The van der Waals surface area contributed by atoms with E-state index in [1.165, 1.54) is 13.5 Å². The highest BCUT2D eigenvalue weighted by molar-refractivity contribution is 5.31. The summed E-state index contributed by atoms with van der Waals surface area (Å²) in [4.78, 5) is 2.29. The average molecular weight is 252 g/mol. The number of likely N-dealkylation sites (tertiary alicyclic amines) is 1. The lowest BCUT2D eigenvalue weighted by atomic mass is 10.1. The Kier molecular flexibility index (Phi) is 4.55. The molecule has 4 heteroatoms. The highest BCUT2D eigenvalue weighted by Crippen LogP contribution is 2.25. The third-order valence-electron chi connectivity index (χ3n) is 3.60. The van der Waals surface area contributed by atoms with Gasteiger partial charge in [0.1, 0.15) is 0 Å². The number of halogens is 1. The van der Waals surface area contributed by atoms with Crippen molar-refractivity contribution in [2.45, 2.75) is 19.4 Å². The Bertz CT molecular complexity index is 397. The molecule has 1 fully saturated rings. The van der Waals surface area contributed by atoms with Crippen LogP contribution in [0.4, 0.5) is 4.39 Å². The molecule has 1 heterocycles. The van der Waals surface area contributed by atoms with Crippen LogP contribution in [0.2, 0.25) is 0 Å². The first-order valence-corrected chi connectivity index (χ1v) is 6.48. The number of benzene rings is 1. The zero-order chi connectivity index (χ0) is 13.0. The van der Waals surface area contributed by atoms with Crippen LogP contribution in [0.25, 0.3) is 0 Å². The van der Waals surface area contributed by atoms with Crippen LogP contribution in [0.3, 0.4) is 0 Å². The molecule has 100 valence electrons. The minimum Gasteiger partial charge on any atom is -0.494 e. The van der Waals surface area contributed by atoms with Gasteiger partial charge >= 0.3 is 0 Å². The zero-order valence-corrected chi connectivity index (χ0v) is 10.9. The molecule has 0 spiro atoms. The summed E-state index contributed by atoms with van der Waals surface area (Å²) in [5, 5.41) is 0. The van der Waals surface area contributed by atoms with Gasteiger partial charge in [-0.05, 0) is 37.9 Å². The van der Waals surface area contributed by atoms with E-state index in [0.29, 0.717) is 23.8 Å². The fourth-order valence-corrected chi connectivity index (χ4v) is 2.60.